The summed E-state index contributed by atoms with van der Waals surface area (Å²) in [6.45, 7) is 3.38. The van der Waals surface area contributed by atoms with Gasteiger partial charge in [-0.2, -0.15) is 0 Å². The molecule has 2 aromatic rings. The van der Waals surface area contributed by atoms with Crippen molar-refractivity contribution in [1.29, 1.82) is 0 Å². The Hall–Kier alpha value is -2.82. The molecule has 120 valence electrons. The van der Waals surface area contributed by atoms with E-state index in [9.17, 15) is 9.59 Å². The summed E-state index contributed by atoms with van der Waals surface area (Å²) in [6, 6.07) is 12.4. The fourth-order valence-electron chi connectivity index (χ4n) is 2.12. The first-order chi connectivity index (χ1) is 11.0. The van der Waals surface area contributed by atoms with Gasteiger partial charge in [-0.1, -0.05) is 12.1 Å². The second-order valence-corrected chi connectivity index (χ2v) is 5.17. The third kappa shape index (κ3) is 4.57. The topological polar surface area (TPSA) is 64.6 Å². The van der Waals surface area contributed by atoms with Gasteiger partial charge in [-0.05, 0) is 55.3 Å². The Kier molecular flexibility index (Phi) is 5.36. The van der Waals surface area contributed by atoms with Crippen molar-refractivity contribution in [3.8, 4) is 5.75 Å². The Morgan fingerprint density at radius 3 is 2.52 bits per heavy atom. The molecule has 5 nitrogen and oxygen atoms in total. The molecule has 23 heavy (non-hydrogen) atoms. The molecule has 2 aromatic carbocycles. The molecule has 1 N–H and O–H groups in total. The van der Waals surface area contributed by atoms with E-state index in [2.05, 4.69) is 5.32 Å². The maximum absolute atomic E-state index is 12.0. The molecule has 0 aliphatic rings. The Balaban J connectivity index is 1.92. The molecule has 0 fully saturated rings. The van der Waals surface area contributed by atoms with Gasteiger partial charge >= 0.3 is 5.97 Å². The summed E-state index contributed by atoms with van der Waals surface area (Å²) in [5.74, 6) is -0.254. The van der Waals surface area contributed by atoms with Gasteiger partial charge in [0.1, 0.15) is 5.75 Å². The van der Waals surface area contributed by atoms with Crippen molar-refractivity contribution in [1.82, 2.24) is 0 Å². The minimum absolute atomic E-state index is 0.335. The van der Waals surface area contributed by atoms with Crippen molar-refractivity contribution in [3.63, 3.8) is 0 Å². The number of esters is 1. The SMILES string of the molecule is COc1ccc(C(=O)OCC(=O)Nc2cccc(C)c2)c(C)c1. The lowest BCUT2D eigenvalue weighted by Crippen LogP contribution is -2.21. The number of nitrogens with one attached hydrogen (secondary N) is 1. The second kappa shape index (κ2) is 7.45. The summed E-state index contributed by atoms with van der Waals surface area (Å²) in [6.07, 6.45) is 0. The van der Waals surface area contributed by atoms with Crippen molar-refractivity contribution in [2.75, 3.05) is 19.0 Å². The zero-order valence-electron chi connectivity index (χ0n) is 13.4. The highest BCUT2D eigenvalue weighted by Gasteiger charge is 2.13. The van der Waals surface area contributed by atoms with Crippen LogP contribution in [0.5, 0.6) is 5.75 Å². The van der Waals surface area contributed by atoms with E-state index in [1.165, 1.54) is 0 Å². The highest BCUT2D eigenvalue weighted by atomic mass is 16.5. The predicted octanol–water partition coefficient (Wildman–Crippen LogP) is 3.11. The van der Waals surface area contributed by atoms with Gasteiger partial charge < -0.3 is 14.8 Å². The molecule has 0 heterocycles. The van der Waals surface area contributed by atoms with Crippen LogP contribution in [0.2, 0.25) is 0 Å². The minimum Gasteiger partial charge on any atom is -0.497 e. The van der Waals surface area contributed by atoms with Gasteiger partial charge in [-0.25, -0.2) is 4.79 Å². The van der Waals surface area contributed by atoms with Crippen molar-refractivity contribution in [2.24, 2.45) is 0 Å². The molecule has 2 rings (SSSR count). The van der Waals surface area contributed by atoms with Gasteiger partial charge in [-0.15, -0.1) is 0 Å². The van der Waals surface area contributed by atoms with Gasteiger partial charge in [-0.3, -0.25) is 4.79 Å². The molecule has 0 saturated carbocycles. The second-order valence-electron chi connectivity index (χ2n) is 5.17. The molecule has 0 aromatic heterocycles. The number of anilines is 1. The zero-order valence-corrected chi connectivity index (χ0v) is 13.4. The van der Waals surface area contributed by atoms with Crippen LogP contribution in [0.4, 0.5) is 5.69 Å². The standard InChI is InChI=1S/C18H19NO4/c1-12-5-4-6-14(9-12)19-17(20)11-23-18(21)16-8-7-15(22-3)10-13(16)2/h4-10H,11H2,1-3H3,(H,19,20). The molecule has 0 aliphatic heterocycles. The Bertz CT molecular complexity index is 725. The highest BCUT2D eigenvalue weighted by molar-refractivity contribution is 5.96. The number of hydrogen-bond acceptors (Lipinski definition) is 4. The minimum atomic E-state index is -0.537. The van der Waals surface area contributed by atoms with Crippen LogP contribution in [0.1, 0.15) is 21.5 Å². The van der Waals surface area contributed by atoms with E-state index in [-0.39, 0.29) is 12.5 Å². The third-order valence-corrected chi connectivity index (χ3v) is 3.29. The number of benzene rings is 2. The first-order valence-corrected chi connectivity index (χ1v) is 7.18. The number of hydrogen-bond donors (Lipinski definition) is 1. The van der Waals surface area contributed by atoms with E-state index < -0.39 is 5.97 Å². The lowest BCUT2D eigenvalue weighted by molar-refractivity contribution is -0.119. The maximum Gasteiger partial charge on any atom is 0.338 e. The van der Waals surface area contributed by atoms with Crippen LogP contribution in [0.25, 0.3) is 0 Å². The smallest absolute Gasteiger partial charge is 0.338 e. The highest BCUT2D eigenvalue weighted by Crippen LogP contribution is 2.17. The van der Waals surface area contributed by atoms with Crippen LogP contribution < -0.4 is 10.1 Å². The van der Waals surface area contributed by atoms with Crippen LogP contribution in [-0.4, -0.2) is 25.6 Å². The molecule has 0 aliphatic carbocycles. The molecular weight excluding hydrogens is 294 g/mol. The number of amides is 1. The molecule has 0 spiro atoms. The molecular formula is C18H19NO4. The average molecular weight is 313 g/mol. The van der Waals surface area contributed by atoms with Crippen LogP contribution in [-0.2, 0) is 9.53 Å². The molecule has 0 bridgehead atoms. The number of carbonyl (C=O) groups is 2. The van der Waals surface area contributed by atoms with Crippen molar-refractivity contribution in [3.05, 3.63) is 59.2 Å². The maximum atomic E-state index is 12.0. The van der Waals surface area contributed by atoms with E-state index in [4.69, 9.17) is 9.47 Å². The summed E-state index contributed by atoms with van der Waals surface area (Å²) < 4.78 is 10.1. The van der Waals surface area contributed by atoms with Crippen LogP contribution in [0.15, 0.2) is 42.5 Å². The lowest BCUT2D eigenvalue weighted by Gasteiger charge is -2.09. The van der Waals surface area contributed by atoms with Crippen LogP contribution in [0, 0.1) is 13.8 Å². The molecule has 0 unspecified atom stereocenters. The molecule has 0 radical (unpaired) electrons. The summed E-state index contributed by atoms with van der Waals surface area (Å²) >= 11 is 0. The van der Waals surface area contributed by atoms with E-state index in [0.29, 0.717) is 17.0 Å². The predicted molar refractivity (Wildman–Crippen MR) is 87.8 cm³/mol. The number of aryl methyl sites for hydroxylation is 2. The molecule has 0 saturated heterocycles. The number of ether oxygens (including phenoxy) is 2. The number of carbonyl (C=O) groups excluding carboxylic acids is 2. The molecule has 1 amide bonds. The number of rotatable bonds is 5. The molecule has 0 atom stereocenters. The largest absolute Gasteiger partial charge is 0.497 e. The Labute approximate surface area is 135 Å². The summed E-state index contributed by atoms with van der Waals surface area (Å²) in [5.41, 5.74) is 2.85. The van der Waals surface area contributed by atoms with E-state index in [1.54, 1.807) is 38.3 Å². The van der Waals surface area contributed by atoms with Gasteiger partial charge in [0.2, 0.25) is 0 Å². The lowest BCUT2D eigenvalue weighted by atomic mass is 10.1. The molecule has 5 heteroatoms. The van der Waals surface area contributed by atoms with Crippen LogP contribution in [0.3, 0.4) is 0 Å². The fourth-order valence-corrected chi connectivity index (χ4v) is 2.12. The quantitative estimate of drug-likeness (QED) is 0.861. The zero-order chi connectivity index (χ0) is 16.8. The Morgan fingerprint density at radius 2 is 1.87 bits per heavy atom. The average Bonchev–Trinajstić information content (AvgIpc) is 2.52. The van der Waals surface area contributed by atoms with Gasteiger partial charge in [0, 0.05) is 5.69 Å². The monoisotopic (exact) mass is 313 g/mol. The number of methoxy groups -OCH3 is 1. The summed E-state index contributed by atoms with van der Waals surface area (Å²) in [4.78, 5) is 23.9. The fraction of sp³-hybridized carbons (Fsp3) is 0.222. The van der Waals surface area contributed by atoms with Crippen molar-refractivity contribution >= 4 is 17.6 Å². The van der Waals surface area contributed by atoms with Gasteiger partial charge in [0.15, 0.2) is 6.61 Å². The first-order valence-electron chi connectivity index (χ1n) is 7.18. The normalized spacial score (nSPS) is 10.0. The summed E-state index contributed by atoms with van der Waals surface area (Å²) in [5, 5.41) is 2.69. The van der Waals surface area contributed by atoms with E-state index in [0.717, 1.165) is 11.1 Å². The third-order valence-electron chi connectivity index (χ3n) is 3.29. The summed E-state index contributed by atoms with van der Waals surface area (Å²) in [7, 11) is 1.56. The van der Waals surface area contributed by atoms with E-state index in [1.807, 2.05) is 25.1 Å². The van der Waals surface area contributed by atoms with Crippen molar-refractivity contribution in [2.45, 2.75) is 13.8 Å². The van der Waals surface area contributed by atoms with Gasteiger partial charge in [0.05, 0.1) is 12.7 Å². The van der Waals surface area contributed by atoms with Crippen molar-refractivity contribution < 1.29 is 19.1 Å². The van der Waals surface area contributed by atoms with Crippen LogP contribution >= 0.6 is 0 Å². The van der Waals surface area contributed by atoms with E-state index >= 15 is 0 Å². The van der Waals surface area contributed by atoms with Gasteiger partial charge in [0.25, 0.3) is 5.91 Å². The Morgan fingerprint density at radius 1 is 1.09 bits per heavy atom. The first kappa shape index (κ1) is 16.5.